The number of aryl methyl sites for hydroxylation is 1. The van der Waals surface area contributed by atoms with Crippen molar-refractivity contribution in [2.24, 2.45) is 5.10 Å². The van der Waals surface area contributed by atoms with Gasteiger partial charge in [-0.25, -0.2) is 5.43 Å². The molecule has 3 aromatic rings. The number of para-hydroxylation sites is 1. The number of ether oxygens (including phenoxy) is 1. The predicted octanol–water partition coefficient (Wildman–Crippen LogP) is 2.63. The molecule has 1 amide bonds. The van der Waals surface area contributed by atoms with Crippen molar-refractivity contribution < 1.29 is 13.9 Å². The number of hydrazone groups is 1. The summed E-state index contributed by atoms with van der Waals surface area (Å²) >= 11 is 0. The van der Waals surface area contributed by atoms with Gasteiger partial charge in [-0.15, -0.1) is 0 Å². The van der Waals surface area contributed by atoms with Crippen LogP contribution in [0.1, 0.15) is 11.1 Å². The molecule has 0 unspecified atom stereocenters. The van der Waals surface area contributed by atoms with Gasteiger partial charge < -0.3 is 9.15 Å². The van der Waals surface area contributed by atoms with E-state index in [1.165, 1.54) is 12.5 Å². The van der Waals surface area contributed by atoms with E-state index in [0.29, 0.717) is 16.7 Å². The number of benzene rings is 2. The monoisotopic (exact) mass is 336 g/mol. The summed E-state index contributed by atoms with van der Waals surface area (Å²) in [6, 6.07) is 14.3. The highest BCUT2D eigenvalue weighted by atomic mass is 16.5. The minimum atomic E-state index is -0.428. The molecule has 25 heavy (non-hydrogen) atoms. The van der Waals surface area contributed by atoms with E-state index < -0.39 is 5.91 Å². The number of fused-ring (bicyclic) bond motifs is 1. The molecule has 126 valence electrons. The van der Waals surface area contributed by atoms with Crippen LogP contribution in [0, 0.1) is 6.92 Å². The number of hydrogen-bond donors (Lipinski definition) is 1. The molecule has 0 atom stereocenters. The van der Waals surface area contributed by atoms with Gasteiger partial charge in [0.05, 0.1) is 17.2 Å². The van der Waals surface area contributed by atoms with E-state index in [9.17, 15) is 9.59 Å². The normalized spacial score (nSPS) is 10.9. The van der Waals surface area contributed by atoms with Crippen molar-refractivity contribution in [3.63, 3.8) is 0 Å². The highest BCUT2D eigenvalue weighted by molar-refractivity contribution is 5.87. The van der Waals surface area contributed by atoms with E-state index >= 15 is 0 Å². The van der Waals surface area contributed by atoms with Crippen LogP contribution < -0.4 is 15.6 Å². The number of rotatable bonds is 5. The lowest BCUT2D eigenvalue weighted by molar-refractivity contribution is -0.123. The van der Waals surface area contributed by atoms with Crippen molar-refractivity contribution >= 4 is 23.1 Å². The maximum atomic E-state index is 12.3. The molecule has 6 heteroatoms. The van der Waals surface area contributed by atoms with Gasteiger partial charge in [0.15, 0.2) is 6.61 Å². The van der Waals surface area contributed by atoms with Crippen LogP contribution in [-0.2, 0) is 4.79 Å². The second-order valence-corrected chi connectivity index (χ2v) is 5.41. The zero-order valence-electron chi connectivity index (χ0n) is 13.6. The quantitative estimate of drug-likeness (QED) is 0.574. The van der Waals surface area contributed by atoms with Crippen LogP contribution in [0.3, 0.4) is 0 Å². The van der Waals surface area contributed by atoms with Crippen molar-refractivity contribution in [2.75, 3.05) is 6.61 Å². The summed E-state index contributed by atoms with van der Waals surface area (Å²) in [5.74, 6) is 0.178. The van der Waals surface area contributed by atoms with E-state index in [-0.39, 0.29) is 17.6 Å². The molecule has 2 aromatic carbocycles. The number of hydrogen-bond acceptors (Lipinski definition) is 5. The Bertz CT molecular complexity index is 992. The standard InChI is InChI=1S/C19H16N2O4/c1-13-5-4-6-15(9-13)24-12-18(22)21-20-10-14-11-25-17-8-3-2-7-16(17)19(14)23/h2-11H,12H2,1H3,(H,21,22)/b20-10-. The van der Waals surface area contributed by atoms with Crippen LogP contribution >= 0.6 is 0 Å². The topological polar surface area (TPSA) is 80.9 Å². The number of amides is 1. The van der Waals surface area contributed by atoms with Gasteiger partial charge >= 0.3 is 0 Å². The summed E-state index contributed by atoms with van der Waals surface area (Å²) in [5, 5.41) is 4.23. The number of nitrogens with one attached hydrogen (secondary N) is 1. The van der Waals surface area contributed by atoms with Gasteiger partial charge in [0.25, 0.3) is 5.91 Å². The van der Waals surface area contributed by atoms with E-state index in [2.05, 4.69) is 10.5 Å². The van der Waals surface area contributed by atoms with Gasteiger partial charge in [-0.05, 0) is 36.8 Å². The number of carbonyl (C=O) groups excluding carboxylic acids is 1. The first-order chi connectivity index (χ1) is 12.1. The fourth-order valence-corrected chi connectivity index (χ4v) is 2.24. The average molecular weight is 336 g/mol. The predicted molar refractivity (Wildman–Crippen MR) is 94.9 cm³/mol. The van der Waals surface area contributed by atoms with Crippen LogP contribution in [0.4, 0.5) is 0 Å². The summed E-state index contributed by atoms with van der Waals surface area (Å²) in [6.07, 6.45) is 2.56. The lowest BCUT2D eigenvalue weighted by atomic mass is 10.2. The summed E-state index contributed by atoms with van der Waals surface area (Å²) in [5.41, 5.74) is 3.89. The zero-order chi connectivity index (χ0) is 17.6. The number of nitrogens with zero attached hydrogens (tertiary/aromatic N) is 1. The molecular formula is C19H16N2O4. The van der Waals surface area contributed by atoms with Gasteiger partial charge in [0.2, 0.25) is 5.43 Å². The van der Waals surface area contributed by atoms with Crippen LogP contribution in [0.2, 0.25) is 0 Å². The fraction of sp³-hybridized carbons (Fsp3) is 0.105. The third-order valence-electron chi connectivity index (χ3n) is 3.46. The van der Waals surface area contributed by atoms with Crippen LogP contribution in [-0.4, -0.2) is 18.7 Å². The van der Waals surface area contributed by atoms with Crippen molar-refractivity contribution in [2.45, 2.75) is 6.92 Å². The Morgan fingerprint density at radius 2 is 2.08 bits per heavy atom. The Balaban J connectivity index is 1.60. The Morgan fingerprint density at radius 1 is 1.24 bits per heavy atom. The van der Waals surface area contributed by atoms with Crippen LogP contribution in [0.15, 0.2) is 69.1 Å². The maximum absolute atomic E-state index is 12.3. The van der Waals surface area contributed by atoms with E-state index in [0.717, 1.165) is 5.56 Å². The number of carbonyl (C=O) groups is 1. The Labute approximate surface area is 143 Å². The second-order valence-electron chi connectivity index (χ2n) is 5.41. The molecular weight excluding hydrogens is 320 g/mol. The molecule has 0 aliphatic carbocycles. The van der Waals surface area contributed by atoms with E-state index in [1.54, 1.807) is 30.3 Å². The molecule has 0 saturated heterocycles. The smallest absolute Gasteiger partial charge is 0.277 e. The lowest BCUT2D eigenvalue weighted by Gasteiger charge is -2.05. The van der Waals surface area contributed by atoms with Gasteiger partial charge in [-0.1, -0.05) is 24.3 Å². The SMILES string of the molecule is Cc1cccc(OCC(=O)N/N=C\c2coc3ccccc3c2=O)c1. The molecule has 6 nitrogen and oxygen atoms in total. The highest BCUT2D eigenvalue weighted by Crippen LogP contribution is 2.12. The highest BCUT2D eigenvalue weighted by Gasteiger charge is 2.05. The van der Waals surface area contributed by atoms with Crippen molar-refractivity contribution in [3.8, 4) is 5.75 Å². The maximum Gasteiger partial charge on any atom is 0.277 e. The molecule has 0 fully saturated rings. The Morgan fingerprint density at radius 3 is 2.92 bits per heavy atom. The zero-order valence-corrected chi connectivity index (χ0v) is 13.6. The minimum Gasteiger partial charge on any atom is -0.484 e. The third-order valence-corrected chi connectivity index (χ3v) is 3.46. The summed E-state index contributed by atoms with van der Waals surface area (Å²) in [6.45, 7) is 1.76. The van der Waals surface area contributed by atoms with Crippen molar-refractivity contribution in [1.29, 1.82) is 0 Å². The fourth-order valence-electron chi connectivity index (χ4n) is 2.24. The Hall–Kier alpha value is -3.41. The first-order valence-corrected chi connectivity index (χ1v) is 7.65. The first kappa shape index (κ1) is 16.4. The summed E-state index contributed by atoms with van der Waals surface area (Å²) < 4.78 is 10.7. The molecule has 1 N–H and O–H groups in total. The van der Waals surface area contributed by atoms with Crippen molar-refractivity contribution in [3.05, 3.63) is 76.1 Å². The third kappa shape index (κ3) is 4.11. The molecule has 0 saturated carbocycles. The second kappa shape index (κ2) is 7.44. The summed E-state index contributed by atoms with van der Waals surface area (Å²) in [7, 11) is 0. The average Bonchev–Trinajstić information content (AvgIpc) is 2.62. The minimum absolute atomic E-state index is 0.173. The molecule has 1 heterocycles. The van der Waals surface area contributed by atoms with Crippen LogP contribution in [0.5, 0.6) is 5.75 Å². The lowest BCUT2D eigenvalue weighted by Crippen LogP contribution is -2.25. The van der Waals surface area contributed by atoms with Gasteiger partial charge in [0, 0.05) is 0 Å². The van der Waals surface area contributed by atoms with Gasteiger partial charge in [-0.3, -0.25) is 9.59 Å². The van der Waals surface area contributed by atoms with E-state index in [1.807, 2.05) is 25.1 Å². The van der Waals surface area contributed by atoms with Crippen molar-refractivity contribution in [1.82, 2.24) is 5.43 Å². The molecule has 3 rings (SSSR count). The molecule has 0 aliphatic rings. The molecule has 0 radical (unpaired) electrons. The first-order valence-electron chi connectivity index (χ1n) is 7.65. The largest absolute Gasteiger partial charge is 0.484 e. The Kier molecular flexibility index (Phi) is 4.89. The van der Waals surface area contributed by atoms with E-state index in [4.69, 9.17) is 9.15 Å². The molecule has 1 aromatic heterocycles. The molecule has 0 bridgehead atoms. The summed E-state index contributed by atoms with van der Waals surface area (Å²) in [4.78, 5) is 24.0. The van der Waals surface area contributed by atoms with Gasteiger partial charge in [0.1, 0.15) is 17.6 Å². The van der Waals surface area contributed by atoms with Gasteiger partial charge in [-0.2, -0.15) is 5.10 Å². The molecule has 0 aliphatic heterocycles. The molecule has 0 spiro atoms. The van der Waals surface area contributed by atoms with Crippen LogP contribution in [0.25, 0.3) is 11.0 Å².